The number of nitrogens with zero attached hydrogens (tertiary/aromatic N) is 3. The molecule has 2 atom stereocenters. The van der Waals surface area contributed by atoms with Gasteiger partial charge in [0.25, 0.3) is 0 Å². The third-order valence-electron chi connectivity index (χ3n) is 6.72. The van der Waals surface area contributed by atoms with E-state index in [9.17, 15) is 8.42 Å². The van der Waals surface area contributed by atoms with Crippen LogP contribution < -0.4 is 19.7 Å². The van der Waals surface area contributed by atoms with Crippen LogP contribution in [-0.2, 0) is 10.0 Å². The van der Waals surface area contributed by atoms with Crippen molar-refractivity contribution < 1.29 is 13.2 Å². The Kier molecular flexibility index (Phi) is 7.28. The smallest absolute Gasteiger partial charge is 0.229 e. The summed E-state index contributed by atoms with van der Waals surface area (Å²) in [6.45, 7) is 4.11. The molecule has 202 valence electrons. The predicted molar refractivity (Wildman–Crippen MR) is 160 cm³/mol. The fourth-order valence-corrected chi connectivity index (χ4v) is 6.23. The Balaban J connectivity index is 1.65. The van der Waals surface area contributed by atoms with Crippen molar-refractivity contribution in [2.45, 2.75) is 25.9 Å². The van der Waals surface area contributed by atoms with Crippen LogP contribution in [0.25, 0.3) is 5.69 Å². The lowest BCUT2D eigenvalue weighted by atomic mass is 9.96. The van der Waals surface area contributed by atoms with Gasteiger partial charge in [-0.25, -0.2) is 8.42 Å². The van der Waals surface area contributed by atoms with Crippen LogP contribution >= 0.6 is 23.8 Å². The fraction of sp³-hybridized carbons (Fsp3) is 0.214. The van der Waals surface area contributed by atoms with Crippen LogP contribution in [0.5, 0.6) is 5.75 Å². The quantitative estimate of drug-likeness (QED) is 0.271. The second-order valence-corrected chi connectivity index (χ2v) is 12.0. The number of hydrogen-bond donors (Lipinski definition) is 2. The molecule has 2 N–H and O–H groups in total. The van der Waals surface area contributed by atoms with Crippen molar-refractivity contribution in [3.8, 4) is 11.4 Å². The number of hydrogen-bond acceptors (Lipinski definition) is 5. The Labute approximate surface area is 238 Å². The maximum atomic E-state index is 11.7. The zero-order valence-electron chi connectivity index (χ0n) is 21.8. The van der Waals surface area contributed by atoms with E-state index in [0.29, 0.717) is 21.6 Å². The molecule has 1 fully saturated rings. The van der Waals surface area contributed by atoms with Crippen molar-refractivity contribution in [2.75, 3.05) is 23.0 Å². The molecule has 2 aromatic carbocycles. The number of pyridine rings is 1. The Bertz CT molecular complexity index is 1640. The summed E-state index contributed by atoms with van der Waals surface area (Å²) in [7, 11) is -1.75. The lowest BCUT2D eigenvalue weighted by Gasteiger charge is -2.28. The zero-order valence-corrected chi connectivity index (χ0v) is 24.2. The number of anilines is 2. The van der Waals surface area contributed by atoms with Gasteiger partial charge >= 0.3 is 0 Å². The monoisotopic (exact) mass is 581 g/mol. The van der Waals surface area contributed by atoms with E-state index >= 15 is 0 Å². The number of methoxy groups -OCH3 is 1. The number of benzene rings is 2. The van der Waals surface area contributed by atoms with E-state index in [1.165, 1.54) is 0 Å². The molecular formula is C28H28ClN5O3S2. The number of sulfonamides is 1. The molecule has 1 aliphatic rings. The second kappa shape index (κ2) is 10.5. The van der Waals surface area contributed by atoms with Gasteiger partial charge in [0.2, 0.25) is 10.0 Å². The summed E-state index contributed by atoms with van der Waals surface area (Å²) in [5.41, 5.74) is 6.06. The number of nitrogens with one attached hydrogen (secondary N) is 2. The van der Waals surface area contributed by atoms with Crippen LogP contribution in [0.15, 0.2) is 72.9 Å². The molecule has 8 nitrogen and oxygen atoms in total. The molecule has 1 aliphatic heterocycles. The van der Waals surface area contributed by atoms with E-state index in [0.717, 1.165) is 40.3 Å². The van der Waals surface area contributed by atoms with Gasteiger partial charge in [-0.05, 0) is 92.3 Å². The molecule has 11 heteroatoms. The topological polar surface area (TPSA) is 88.5 Å². The molecule has 0 spiro atoms. The minimum Gasteiger partial charge on any atom is -0.495 e. The van der Waals surface area contributed by atoms with E-state index in [4.69, 9.17) is 28.6 Å². The maximum absolute atomic E-state index is 11.7. The molecular weight excluding hydrogens is 554 g/mol. The summed E-state index contributed by atoms with van der Waals surface area (Å²) in [4.78, 5) is 6.70. The van der Waals surface area contributed by atoms with Crippen LogP contribution in [0.3, 0.4) is 0 Å². The third-order valence-corrected chi connectivity index (χ3v) is 7.87. The van der Waals surface area contributed by atoms with Crippen LogP contribution in [0.4, 0.5) is 11.4 Å². The molecule has 0 radical (unpaired) electrons. The molecule has 1 saturated heterocycles. The van der Waals surface area contributed by atoms with Gasteiger partial charge in [-0.1, -0.05) is 17.7 Å². The molecule has 39 heavy (non-hydrogen) atoms. The van der Waals surface area contributed by atoms with Crippen molar-refractivity contribution in [1.82, 2.24) is 14.9 Å². The number of halogens is 1. The number of aryl methyl sites for hydroxylation is 1. The van der Waals surface area contributed by atoms with E-state index < -0.39 is 10.0 Å². The summed E-state index contributed by atoms with van der Waals surface area (Å²) in [6.07, 6.45) is 2.89. The highest BCUT2D eigenvalue weighted by atomic mass is 35.5. The first kappa shape index (κ1) is 27.0. The van der Waals surface area contributed by atoms with Crippen LogP contribution in [-0.4, -0.2) is 36.4 Å². The van der Waals surface area contributed by atoms with Gasteiger partial charge in [0.05, 0.1) is 36.8 Å². The molecule has 0 aliphatic carbocycles. The van der Waals surface area contributed by atoms with Gasteiger partial charge in [-0.15, -0.1) is 0 Å². The molecule has 5 rings (SSSR count). The first-order chi connectivity index (χ1) is 18.6. The Morgan fingerprint density at radius 3 is 2.46 bits per heavy atom. The van der Waals surface area contributed by atoms with E-state index in [1.807, 2.05) is 49.4 Å². The summed E-state index contributed by atoms with van der Waals surface area (Å²) < 4.78 is 33.7. The first-order valence-corrected chi connectivity index (χ1v) is 14.9. The average molecular weight is 582 g/mol. The Morgan fingerprint density at radius 2 is 1.82 bits per heavy atom. The van der Waals surface area contributed by atoms with Gasteiger partial charge in [0.1, 0.15) is 5.75 Å². The van der Waals surface area contributed by atoms with Crippen molar-refractivity contribution in [2.24, 2.45) is 0 Å². The highest BCUT2D eigenvalue weighted by Gasteiger charge is 2.42. The minimum absolute atomic E-state index is 0.234. The maximum Gasteiger partial charge on any atom is 0.229 e. The lowest BCUT2D eigenvalue weighted by Crippen LogP contribution is -2.29. The summed E-state index contributed by atoms with van der Waals surface area (Å²) >= 11 is 12.2. The minimum atomic E-state index is -3.39. The molecule has 0 bridgehead atoms. The molecule has 4 aromatic rings. The number of thiocarbonyl (C=S) groups is 1. The molecule has 2 unspecified atom stereocenters. The standard InChI is InChI=1S/C28H28ClN5O3S2/c1-17-15-22(18(2)33(17)24-16-19(29)8-13-25(24)37-3)27-26(23-7-5-6-14-30-23)31-28(38)34(27)21-11-9-20(10-12-21)32-39(4,35)36/h5-16,26-27,32H,1-4H3,(H,31,38). The first-order valence-electron chi connectivity index (χ1n) is 12.2. The number of aromatic nitrogens is 2. The number of ether oxygens (including phenoxy) is 1. The lowest BCUT2D eigenvalue weighted by molar-refractivity contribution is 0.412. The molecule has 0 saturated carbocycles. The summed E-state index contributed by atoms with van der Waals surface area (Å²) in [5.74, 6) is 0.708. The van der Waals surface area contributed by atoms with Crippen LogP contribution in [0.2, 0.25) is 5.02 Å². The van der Waals surface area contributed by atoms with Crippen LogP contribution in [0.1, 0.15) is 34.7 Å². The van der Waals surface area contributed by atoms with Crippen molar-refractivity contribution in [1.29, 1.82) is 0 Å². The highest BCUT2D eigenvalue weighted by Crippen LogP contribution is 2.44. The zero-order chi connectivity index (χ0) is 27.9. The van der Waals surface area contributed by atoms with Gasteiger partial charge < -0.3 is 19.5 Å². The van der Waals surface area contributed by atoms with Gasteiger partial charge in [0, 0.05) is 34.0 Å². The van der Waals surface area contributed by atoms with Gasteiger partial charge in [0.15, 0.2) is 5.11 Å². The van der Waals surface area contributed by atoms with Gasteiger partial charge in [-0.3, -0.25) is 9.71 Å². The van der Waals surface area contributed by atoms with Crippen molar-refractivity contribution >= 4 is 50.3 Å². The SMILES string of the molecule is COc1ccc(Cl)cc1-n1c(C)cc(C2C(c3ccccn3)NC(=S)N2c2ccc(NS(C)(=O)=O)cc2)c1C. The van der Waals surface area contributed by atoms with Crippen molar-refractivity contribution in [3.63, 3.8) is 0 Å². The summed E-state index contributed by atoms with van der Waals surface area (Å²) in [5, 5.41) is 4.63. The van der Waals surface area contributed by atoms with E-state index in [1.54, 1.807) is 31.5 Å². The van der Waals surface area contributed by atoms with E-state index in [2.05, 4.69) is 37.5 Å². The average Bonchev–Trinajstić information content (AvgIpc) is 3.39. The largest absolute Gasteiger partial charge is 0.495 e. The Morgan fingerprint density at radius 1 is 1.08 bits per heavy atom. The second-order valence-electron chi connectivity index (χ2n) is 9.40. The van der Waals surface area contributed by atoms with Crippen molar-refractivity contribution in [3.05, 3.63) is 101 Å². The summed E-state index contributed by atoms with van der Waals surface area (Å²) in [6, 6.07) is 20.2. The molecule has 0 amide bonds. The van der Waals surface area contributed by atoms with Crippen LogP contribution in [0, 0.1) is 13.8 Å². The molecule has 2 aromatic heterocycles. The highest BCUT2D eigenvalue weighted by molar-refractivity contribution is 7.92. The third kappa shape index (κ3) is 5.32. The van der Waals surface area contributed by atoms with Gasteiger partial charge in [-0.2, -0.15) is 0 Å². The van der Waals surface area contributed by atoms with E-state index in [-0.39, 0.29) is 12.1 Å². The Hall–Kier alpha value is -3.60. The predicted octanol–water partition coefficient (Wildman–Crippen LogP) is 5.70. The number of rotatable bonds is 7. The normalized spacial score (nSPS) is 17.3. The fourth-order valence-electron chi connectivity index (χ4n) is 5.15. The molecule has 3 heterocycles.